The number of aliphatic hydroxyl groups excluding tert-OH is 1. The number of urea groups is 1. The summed E-state index contributed by atoms with van der Waals surface area (Å²) in [6.45, 7) is 6.09. The van der Waals surface area contributed by atoms with Crippen LogP contribution in [-0.2, 0) is 35.5 Å². The Hall–Kier alpha value is -4.13. The van der Waals surface area contributed by atoms with Gasteiger partial charge in [-0.3, -0.25) is 9.78 Å². The van der Waals surface area contributed by atoms with Crippen LogP contribution < -0.4 is 10.6 Å². The van der Waals surface area contributed by atoms with Crippen molar-refractivity contribution in [3.8, 4) is 0 Å². The van der Waals surface area contributed by atoms with Crippen LogP contribution in [0.15, 0.2) is 77.8 Å². The molecular formula is C37H47N5O5S2. The van der Waals surface area contributed by atoms with Gasteiger partial charge in [0.2, 0.25) is 0 Å². The van der Waals surface area contributed by atoms with E-state index in [0.29, 0.717) is 31.6 Å². The summed E-state index contributed by atoms with van der Waals surface area (Å²) in [5.41, 5.74) is 4.63. The molecule has 4 rings (SSSR count). The molecule has 4 unspecified atom stereocenters. The number of rotatable bonds is 18. The summed E-state index contributed by atoms with van der Waals surface area (Å²) in [5.74, 6) is -0.0557. The number of Topliss-reactive ketones (excluding diaryl/α,β-unsaturated/α-hetero) is 1. The van der Waals surface area contributed by atoms with Gasteiger partial charge in [-0.2, -0.15) is 0 Å². The van der Waals surface area contributed by atoms with Gasteiger partial charge >= 0.3 is 12.1 Å². The van der Waals surface area contributed by atoms with Gasteiger partial charge in [0, 0.05) is 37.0 Å². The van der Waals surface area contributed by atoms with E-state index < -0.39 is 24.3 Å². The van der Waals surface area contributed by atoms with Gasteiger partial charge in [0.25, 0.3) is 0 Å². The Morgan fingerprint density at radius 1 is 0.918 bits per heavy atom. The molecule has 262 valence electrons. The van der Waals surface area contributed by atoms with E-state index >= 15 is 0 Å². The SMILES string of the molecule is CC(C)c1nc(CN(C)C(=O)NC(C(=O)CC(CCC(Cc2ccccc2)NC(=O)OCc2cncs2)Cc2ccccc2)C(C)O)cs1. The summed E-state index contributed by atoms with van der Waals surface area (Å²) in [6, 6.07) is 18.1. The normalized spacial score (nSPS) is 13.7. The molecule has 49 heavy (non-hydrogen) atoms. The van der Waals surface area contributed by atoms with Gasteiger partial charge in [0.05, 0.1) is 33.7 Å². The van der Waals surface area contributed by atoms with Crippen LogP contribution in [0.1, 0.15) is 72.7 Å². The quantitative estimate of drug-likeness (QED) is 0.104. The molecule has 2 heterocycles. The minimum Gasteiger partial charge on any atom is -0.444 e. The number of aromatic nitrogens is 2. The van der Waals surface area contributed by atoms with Crippen LogP contribution in [0, 0.1) is 5.92 Å². The number of hydrogen-bond donors (Lipinski definition) is 3. The molecule has 4 aromatic rings. The third kappa shape index (κ3) is 12.7. The summed E-state index contributed by atoms with van der Waals surface area (Å²) in [6.07, 6.45) is 2.66. The van der Waals surface area contributed by atoms with Crippen molar-refractivity contribution < 1.29 is 24.2 Å². The largest absolute Gasteiger partial charge is 0.444 e. The maximum absolute atomic E-state index is 13.8. The van der Waals surface area contributed by atoms with E-state index in [-0.39, 0.29) is 37.3 Å². The van der Waals surface area contributed by atoms with Gasteiger partial charge in [-0.15, -0.1) is 22.7 Å². The lowest BCUT2D eigenvalue weighted by Gasteiger charge is -2.27. The lowest BCUT2D eigenvalue weighted by molar-refractivity contribution is -0.124. The van der Waals surface area contributed by atoms with Crippen LogP contribution in [0.2, 0.25) is 0 Å². The lowest BCUT2D eigenvalue weighted by atomic mass is 9.86. The molecule has 3 amide bonds. The first-order valence-electron chi connectivity index (χ1n) is 16.6. The summed E-state index contributed by atoms with van der Waals surface area (Å²) < 4.78 is 5.48. The molecule has 0 spiro atoms. The molecule has 2 aromatic heterocycles. The van der Waals surface area contributed by atoms with Crippen molar-refractivity contribution >= 4 is 40.6 Å². The molecule has 4 atom stereocenters. The van der Waals surface area contributed by atoms with E-state index in [9.17, 15) is 19.5 Å². The molecular weight excluding hydrogens is 659 g/mol. The molecule has 0 saturated heterocycles. The molecule has 0 bridgehead atoms. The second-order valence-corrected chi connectivity index (χ2v) is 14.6. The van der Waals surface area contributed by atoms with E-state index in [1.165, 1.54) is 23.2 Å². The van der Waals surface area contributed by atoms with E-state index in [4.69, 9.17) is 4.74 Å². The van der Waals surface area contributed by atoms with Crippen LogP contribution in [0.3, 0.4) is 0 Å². The molecule has 0 fully saturated rings. The zero-order valence-electron chi connectivity index (χ0n) is 28.6. The van der Waals surface area contributed by atoms with Crippen LogP contribution in [0.4, 0.5) is 9.59 Å². The molecule has 3 N–H and O–H groups in total. The summed E-state index contributed by atoms with van der Waals surface area (Å²) in [4.78, 5) is 50.8. The van der Waals surface area contributed by atoms with Gasteiger partial charge < -0.3 is 25.4 Å². The average Bonchev–Trinajstić information content (AvgIpc) is 3.78. The van der Waals surface area contributed by atoms with Crippen molar-refractivity contribution in [1.82, 2.24) is 25.5 Å². The van der Waals surface area contributed by atoms with Crippen molar-refractivity contribution in [2.75, 3.05) is 7.05 Å². The Kier molecular flexibility index (Phi) is 14.7. The van der Waals surface area contributed by atoms with Crippen molar-refractivity contribution in [2.45, 2.75) is 90.1 Å². The van der Waals surface area contributed by atoms with Crippen molar-refractivity contribution in [3.05, 3.63) is 104 Å². The number of ketones is 1. The first-order chi connectivity index (χ1) is 23.6. The predicted octanol–water partition coefficient (Wildman–Crippen LogP) is 6.75. The molecule has 0 saturated carbocycles. The number of amides is 3. The highest BCUT2D eigenvalue weighted by Crippen LogP contribution is 2.23. The maximum atomic E-state index is 13.8. The number of benzene rings is 2. The Morgan fingerprint density at radius 2 is 1.59 bits per heavy atom. The van der Waals surface area contributed by atoms with Gasteiger partial charge in [-0.1, -0.05) is 74.5 Å². The topological polar surface area (TPSA) is 134 Å². The van der Waals surface area contributed by atoms with Gasteiger partial charge in [-0.25, -0.2) is 14.6 Å². The van der Waals surface area contributed by atoms with Crippen LogP contribution in [-0.4, -0.2) is 63.1 Å². The third-order valence-electron chi connectivity index (χ3n) is 8.17. The molecule has 10 nitrogen and oxygen atoms in total. The van der Waals surface area contributed by atoms with Gasteiger partial charge in [0.15, 0.2) is 5.78 Å². The van der Waals surface area contributed by atoms with Crippen LogP contribution >= 0.6 is 22.7 Å². The molecule has 0 aliphatic carbocycles. The number of hydrogen-bond acceptors (Lipinski definition) is 9. The third-order valence-corrected chi connectivity index (χ3v) is 10.1. The number of alkyl carbamates (subject to hydrolysis) is 1. The number of nitrogens with one attached hydrogen (secondary N) is 2. The highest BCUT2D eigenvalue weighted by molar-refractivity contribution is 7.09. The van der Waals surface area contributed by atoms with Crippen molar-refractivity contribution in [1.29, 1.82) is 0 Å². The lowest BCUT2D eigenvalue weighted by Crippen LogP contribution is -2.51. The van der Waals surface area contributed by atoms with Crippen LogP contribution in [0.25, 0.3) is 0 Å². The molecule has 0 aliphatic rings. The Labute approximate surface area is 297 Å². The van der Waals surface area contributed by atoms with E-state index in [2.05, 4.69) is 34.4 Å². The number of carbonyl (C=O) groups is 3. The number of aliphatic hydroxyl groups is 1. The van der Waals surface area contributed by atoms with Crippen LogP contribution in [0.5, 0.6) is 0 Å². The fourth-order valence-corrected chi connectivity index (χ4v) is 6.87. The number of carbonyl (C=O) groups excluding carboxylic acids is 3. The Balaban J connectivity index is 1.43. The zero-order chi connectivity index (χ0) is 35.2. The highest BCUT2D eigenvalue weighted by Gasteiger charge is 2.29. The molecule has 0 aliphatic heterocycles. The minimum atomic E-state index is -1.09. The zero-order valence-corrected chi connectivity index (χ0v) is 30.2. The fourth-order valence-electron chi connectivity index (χ4n) is 5.54. The predicted molar refractivity (Wildman–Crippen MR) is 194 cm³/mol. The standard InChI is InChI=1S/C37H47N5O5S2/c1-25(2)35-39-31(23-48-35)21-42(4)36(45)41-34(26(3)43)33(44)19-29(17-27-11-7-5-8-12-27)15-16-30(18-28-13-9-6-10-14-28)40-37(46)47-22-32-20-38-24-49-32/h5-14,20,23-26,29-30,34,43H,15-19,21-22H2,1-4H3,(H,40,46)(H,41,45). The fraction of sp³-hybridized carbons (Fsp3) is 0.432. The Bertz CT molecular complexity index is 1580. The van der Waals surface area contributed by atoms with Crippen molar-refractivity contribution in [2.24, 2.45) is 5.92 Å². The van der Waals surface area contributed by atoms with Gasteiger partial charge in [-0.05, 0) is 49.7 Å². The number of nitrogens with zero attached hydrogens (tertiary/aromatic N) is 3. The smallest absolute Gasteiger partial charge is 0.407 e. The first-order valence-corrected chi connectivity index (χ1v) is 18.4. The number of ether oxygens (including phenoxy) is 1. The van der Waals surface area contributed by atoms with E-state index in [1.807, 2.05) is 66.0 Å². The average molecular weight is 706 g/mol. The minimum absolute atomic E-state index is 0.108. The highest BCUT2D eigenvalue weighted by atomic mass is 32.1. The monoisotopic (exact) mass is 705 g/mol. The van der Waals surface area contributed by atoms with E-state index in [0.717, 1.165) is 26.7 Å². The molecule has 0 radical (unpaired) electrons. The van der Waals surface area contributed by atoms with Crippen molar-refractivity contribution in [3.63, 3.8) is 0 Å². The Morgan fingerprint density at radius 3 is 2.18 bits per heavy atom. The second kappa shape index (κ2) is 19.2. The maximum Gasteiger partial charge on any atom is 0.407 e. The summed E-state index contributed by atoms with van der Waals surface area (Å²) >= 11 is 2.98. The first kappa shape index (κ1) is 37.7. The van der Waals surface area contributed by atoms with Gasteiger partial charge in [0.1, 0.15) is 12.6 Å². The summed E-state index contributed by atoms with van der Waals surface area (Å²) in [7, 11) is 1.65. The molecule has 12 heteroatoms. The second-order valence-electron chi connectivity index (χ2n) is 12.7. The number of thiazole rings is 2. The van der Waals surface area contributed by atoms with E-state index in [1.54, 1.807) is 30.1 Å². The summed E-state index contributed by atoms with van der Waals surface area (Å²) in [5, 5.41) is 19.4. The molecule has 2 aromatic carbocycles.